The van der Waals surface area contributed by atoms with Crippen LogP contribution in [0.5, 0.6) is 5.75 Å². The molecule has 0 atom stereocenters. The molecule has 1 heterocycles. The van der Waals surface area contributed by atoms with E-state index < -0.39 is 0 Å². The fourth-order valence-electron chi connectivity index (χ4n) is 2.41. The molecule has 1 fully saturated rings. The van der Waals surface area contributed by atoms with Gasteiger partial charge in [0, 0.05) is 18.7 Å². The molecule has 1 saturated heterocycles. The maximum Gasteiger partial charge on any atom is 0.253 e. The van der Waals surface area contributed by atoms with E-state index in [1.165, 1.54) is 12.8 Å². The average molecular weight is 275 g/mol. The van der Waals surface area contributed by atoms with E-state index in [2.05, 4.69) is 13.8 Å². The lowest BCUT2D eigenvalue weighted by molar-refractivity contribution is 0.0761. The number of benzene rings is 1. The Hall–Kier alpha value is -1.51. The Morgan fingerprint density at radius 3 is 2.25 bits per heavy atom. The van der Waals surface area contributed by atoms with Gasteiger partial charge in [0.15, 0.2) is 0 Å². The standard InChI is InChI=1S/C17H25NO2/c1-14(2)13-20-16-9-7-15(8-10-16)17(19)18-11-5-3-4-6-12-18/h7-10,14H,3-6,11-13H2,1-2H3. The second-order valence-corrected chi connectivity index (χ2v) is 5.94. The van der Waals surface area contributed by atoms with Gasteiger partial charge in [0.1, 0.15) is 5.75 Å². The molecule has 0 spiro atoms. The fourth-order valence-corrected chi connectivity index (χ4v) is 2.41. The normalized spacial score (nSPS) is 16.1. The van der Waals surface area contributed by atoms with Gasteiger partial charge in [0.05, 0.1) is 6.61 Å². The summed E-state index contributed by atoms with van der Waals surface area (Å²) >= 11 is 0. The summed E-state index contributed by atoms with van der Waals surface area (Å²) in [5, 5.41) is 0. The van der Waals surface area contributed by atoms with Crippen molar-refractivity contribution >= 4 is 5.91 Å². The number of amides is 1. The van der Waals surface area contributed by atoms with E-state index in [9.17, 15) is 4.79 Å². The average Bonchev–Trinajstić information content (AvgIpc) is 2.74. The molecule has 1 aromatic carbocycles. The van der Waals surface area contributed by atoms with Gasteiger partial charge in [-0.2, -0.15) is 0 Å². The molecule has 1 aromatic rings. The second-order valence-electron chi connectivity index (χ2n) is 5.94. The van der Waals surface area contributed by atoms with Gasteiger partial charge >= 0.3 is 0 Å². The van der Waals surface area contributed by atoms with Crippen molar-refractivity contribution in [2.24, 2.45) is 5.92 Å². The zero-order chi connectivity index (χ0) is 14.4. The van der Waals surface area contributed by atoms with Crippen LogP contribution >= 0.6 is 0 Å². The third kappa shape index (κ3) is 4.26. The minimum absolute atomic E-state index is 0.155. The molecule has 0 N–H and O–H groups in total. The van der Waals surface area contributed by atoms with Gasteiger partial charge in [0.2, 0.25) is 0 Å². The summed E-state index contributed by atoms with van der Waals surface area (Å²) < 4.78 is 5.64. The van der Waals surface area contributed by atoms with Crippen molar-refractivity contribution in [3.05, 3.63) is 29.8 Å². The lowest BCUT2D eigenvalue weighted by atomic mass is 10.2. The van der Waals surface area contributed by atoms with Crippen LogP contribution in [-0.2, 0) is 0 Å². The number of hydrogen-bond donors (Lipinski definition) is 0. The zero-order valence-corrected chi connectivity index (χ0v) is 12.6. The smallest absolute Gasteiger partial charge is 0.253 e. The van der Waals surface area contributed by atoms with Crippen molar-refractivity contribution in [1.82, 2.24) is 4.90 Å². The molecular formula is C17H25NO2. The molecule has 2 rings (SSSR count). The molecule has 0 saturated carbocycles. The highest BCUT2D eigenvalue weighted by Crippen LogP contribution is 2.17. The molecule has 0 bridgehead atoms. The first kappa shape index (κ1) is 14.9. The number of hydrogen-bond acceptors (Lipinski definition) is 2. The topological polar surface area (TPSA) is 29.5 Å². The summed E-state index contributed by atoms with van der Waals surface area (Å²) in [6.07, 6.45) is 4.74. The van der Waals surface area contributed by atoms with E-state index >= 15 is 0 Å². The Kier molecular flexibility index (Phi) is 5.45. The molecular weight excluding hydrogens is 250 g/mol. The van der Waals surface area contributed by atoms with E-state index in [0.29, 0.717) is 12.5 Å². The Labute approximate surface area is 121 Å². The monoisotopic (exact) mass is 275 g/mol. The first-order chi connectivity index (χ1) is 9.66. The van der Waals surface area contributed by atoms with Crippen LogP contribution in [0.1, 0.15) is 49.9 Å². The van der Waals surface area contributed by atoms with Crippen molar-refractivity contribution in [3.8, 4) is 5.75 Å². The molecule has 0 radical (unpaired) electrons. The maximum absolute atomic E-state index is 12.4. The molecule has 0 unspecified atom stereocenters. The third-order valence-electron chi connectivity index (χ3n) is 3.58. The van der Waals surface area contributed by atoms with E-state index in [-0.39, 0.29) is 5.91 Å². The van der Waals surface area contributed by atoms with Crippen LogP contribution in [0, 0.1) is 5.92 Å². The highest BCUT2D eigenvalue weighted by molar-refractivity contribution is 5.94. The fraction of sp³-hybridized carbons (Fsp3) is 0.588. The highest BCUT2D eigenvalue weighted by atomic mass is 16.5. The summed E-state index contributed by atoms with van der Waals surface area (Å²) in [5.74, 6) is 1.50. The van der Waals surface area contributed by atoms with Crippen molar-refractivity contribution in [3.63, 3.8) is 0 Å². The molecule has 0 aromatic heterocycles. The molecule has 3 heteroatoms. The molecule has 0 aliphatic carbocycles. The Balaban J connectivity index is 1.96. The van der Waals surface area contributed by atoms with Gasteiger partial charge in [-0.15, -0.1) is 0 Å². The lowest BCUT2D eigenvalue weighted by Gasteiger charge is -2.20. The summed E-state index contributed by atoms with van der Waals surface area (Å²) in [6.45, 7) is 6.74. The van der Waals surface area contributed by atoms with Crippen molar-refractivity contribution < 1.29 is 9.53 Å². The summed E-state index contributed by atoms with van der Waals surface area (Å²) in [7, 11) is 0. The van der Waals surface area contributed by atoms with Crippen LogP contribution in [0.4, 0.5) is 0 Å². The zero-order valence-electron chi connectivity index (χ0n) is 12.6. The number of rotatable bonds is 4. The van der Waals surface area contributed by atoms with Crippen LogP contribution < -0.4 is 4.74 Å². The van der Waals surface area contributed by atoms with Gasteiger partial charge < -0.3 is 9.64 Å². The second kappa shape index (κ2) is 7.32. The van der Waals surface area contributed by atoms with E-state index in [0.717, 1.165) is 37.2 Å². The van der Waals surface area contributed by atoms with Crippen LogP contribution in [0.2, 0.25) is 0 Å². The van der Waals surface area contributed by atoms with Gasteiger partial charge in [-0.3, -0.25) is 4.79 Å². The maximum atomic E-state index is 12.4. The first-order valence-electron chi connectivity index (χ1n) is 7.69. The van der Waals surface area contributed by atoms with Crippen molar-refractivity contribution in [2.45, 2.75) is 39.5 Å². The van der Waals surface area contributed by atoms with Crippen molar-refractivity contribution in [1.29, 1.82) is 0 Å². The predicted octanol–water partition coefficient (Wildman–Crippen LogP) is 3.74. The van der Waals surface area contributed by atoms with E-state index in [1.54, 1.807) is 0 Å². The summed E-state index contributed by atoms with van der Waals surface area (Å²) in [5.41, 5.74) is 0.767. The van der Waals surface area contributed by atoms with Crippen LogP contribution in [0.3, 0.4) is 0 Å². The minimum atomic E-state index is 0.155. The lowest BCUT2D eigenvalue weighted by Crippen LogP contribution is -2.31. The first-order valence-corrected chi connectivity index (χ1v) is 7.69. The highest BCUT2D eigenvalue weighted by Gasteiger charge is 2.17. The molecule has 110 valence electrons. The molecule has 1 amide bonds. The van der Waals surface area contributed by atoms with Crippen LogP contribution in [-0.4, -0.2) is 30.5 Å². The van der Waals surface area contributed by atoms with Gasteiger partial charge in [-0.25, -0.2) is 0 Å². The largest absolute Gasteiger partial charge is 0.493 e. The van der Waals surface area contributed by atoms with Gasteiger partial charge in [0.25, 0.3) is 5.91 Å². The third-order valence-corrected chi connectivity index (χ3v) is 3.58. The van der Waals surface area contributed by atoms with Crippen LogP contribution in [0.25, 0.3) is 0 Å². The molecule has 1 aliphatic heterocycles. The van der Waals surface area contributed by atoms with Crippen molar-refractivity contribution in [2.75, 3.05) is 19.7 Å². The number of likely N-dealkylation sites (tertiary alicyclic amines) is 1. The van der Waals surface area contributed by atoms with E-state index in [1.807, 2.05) is 29.2 Å². The van der Waals surface area contributed by atoms with E-state index in [4.69, 9.17) is 4.74 Å². The molecule has 3 nitrogen and oxygen atoms in total. The molecule has 1 aliphatic rings. The summed E-state index contributed by atoms with van der Waals surface area (Å²) in [6, 6.07) is 7.55. The Bertz CT molecular complexity index is 417. The molecule has 20 heavy (non-hydrogen) atoms. The minimum Gasteiger partial charge on any atom is -0.493 e. The van der Waals surface area contributed by atoms with Gasteiger partial charge in [-0.05, 0) is 43.0 Å². The quantitative estimate of drug-likeness (QED) is 0.837. The number of carbonyl (C=O) groups excluding carboxylic acids is 1. The Morgan fingerprint density at radius 1 is 1.10 bits per heavy atom. The SMILES string of the molecule is CC(C)COc1ccc(C(=O)N2CCCCCC2)cc1. The number of carbonyl (C=O) groups is 1. The Morgan fingerprint density at radius 2 is 1.70 bits per heavy atom. The van der Waals surface area contributed by atoms with Crippen LogP contribution in [0.15, 0.2) is 24.3 Å². The predicted molar refractivity (Wildman–Crippen MR) is 81.1 cm³/mol. The number of nitrogens with zero attached hydrogens (tertiary/aromatic N) is 1. The number of ether oxygens (including phenoxy) is 1. The summed E-state index contributed by atoms with van der Waals surface area (Å²) in [4.78, 5) is 14.4. The van der Waals surface area contributed by atoms with Gasteiger partial charge in [-0.1, -0.05) is 26.7 Å².